The van der Waals surface area contributed by atoms with Crippen molar-refractivity contribution in [2.24, 2.45) is 0 Å². The van der Waals surface area contributed by atoms with Crippen molar-refractivity contribution in [3.05, 3.63) is 67.7 Å². The molecule has 130 valence electrons. The predicted octanol–water partition coefficient (Wildman–Crippen LogP) is 4.33. The first-order valence-corrected chi connectivity index (χ1v) is 7.81. The van der Waals surface area contributed by atoms with Gasteiger partial charge in [-0.2, -0.15) is 0 Å². The van der Waals surface area contributed by atoms with E-state index in [9.17, 15) is 19.7 Å². The standard InChI is InChI=1S/C16H12Cl2N2O5/c1-2-25-16(22)11-8-10(4-6-12(11)17)19-15(21)9-3-5-13(18)14(7-9)20(23)24/h3-8H,2H2,1H3,(H,19,21). The van der Waals surface area contributed by atoms with Crippen LogP contribution in [0.4, 0.5) is 11.4 Å². The van der Waals surface area contributed by atoms with E-state index < -0.39 is 16.8 Å². The van der Waals surface area contributed by atoms with Crippen LogP contribution < -0.4 is 5.32 Å². The molecule has 0 atom stereocenters. The molecule has 0 aliphatic heterocycles. The van der Waals surface area contributed by atoms with Gasteiger partial charge in [-0.05, 0) is 37.3 Å². The Labute approximate surface area is 152 Å². The Hall–Kier alpha value is -2.64. The summed E-state index contributed by atoms with van der Waals surface area (Å²) in [6.07, 6.45) is 0. The number of benzene rings is 2. The Balaban J connectivity index is 2.26. The fourth-order valence-electron chi connectivity index (χ4n) is 1.97. The summed E-state index contributed by atoms with van der Waals surface area (Å²) in [5, 5.41) is 13.5. The molecule has 2 rings (SSSR count). The molecule has 0 heterocycles. The average Bonchev–Trinajstić information content (AvgIpc) is 2.56. The van der Waals surface area contributed by atoms with Crippen LogP contribution in [-0.4, -0.2) is 23.4 Å². The van der Waals surface area contributed by atoms with Gasteiger partial charge in [0.25, 0.3) is 11.6 Å². The normalized spacial score (nSPS) is 10.2. The predicted molar refractivity (Wildman–Crippen MR) is 93.5 cm³/mol. The van der Waals surface area contributed by atoms with E-state index in [2.05, 4.69) is 5.32 Å². The van der Waals surface area contributed by atoms with Crippen LogP contribution in [0.1, 0.15) is 27.6 Å². The first kappa shape index (κ1) is 18.7. The molecule has 2 aromatic rings. The van der Waals surface area contributed by atoms with E-state index in [1.807, 2.05) is 0 Å². The van der Waals surface area contributed by atoms with Crippen molar-refractivity contribution in [2.75, 3.05) is 11.9 Å². The lowest BCUT2D eigenvalue weighted by atomic mass is 10.1. The van der Waals surface area contributed by atoms with Crippen molar-refractivity contribution >= 4 is 46.5 Å². The van der Waals surface area contributed by atoms with Crippen LogP contribution >= 0.6 is 23.2 Å². The smallest absolute Gasteiger partial charge is 0.339 e. The second-order valence-electron chi connectivity index (χ2n) is 4.79. The summed E-state index contributed by atoms with van der Waals surface area (Å²) < 4.78 is 4.88. The van der Waals surface area contributed by atoms with Crippen molar-refractivity contribution in [1.29, 1.82) is 0 Å². The summed E-state index contributed by atoms with van der Waals surface area (Å²) in [7, 11) is 0. The van der Waals surface area contributed by atoms with Crippen LogP contribution in [0.25, 0.3) is 0 Å². The third-order valence-corrected chi connectivity index (χ3v) is 3.77. The monoisotopic (exact) mass is 382 g/mol. The largest absolute Gasteiger partial charge is 0.462 e. The topological polar surface area (TPSA) is 98.5 Å². The minimum absolute atomic E-state index is 0.0451. The number of hydrogen-bond donors (Lipinski definition) is 1. The molecule has 0 saturated heterocycles. The lowest BCUT2D eigenvalue weighted by molar-refractivity contribution is -0.384. The Kier molecular flexibility index (Phi) is 5.95. The number of esters is 1. The number of amides is 1. The molecule has 0 fully saturated rings. The van der Waals surface area contributed by atoms with Gasteiger partial charge in [0.2, 0.25) is 0 Å². The molecular formula is C16H12Cl2N2O5. The summed E-state index contributed by atoms with van der Waals surface area (Å²) in [4.78, 5) is 34.3. The van der Waals surface area contributed by atoms with Gasteiger partial charge in [-0.15, -0.1) is 0 Å². The number of nitro groups is 1. The molecule has 0 bridgehead atoms. The van der Waals surface area contributed by atoms with Crippen molar-refractivity contribution in [2.45, 2.75) is 6.92 Å². The molecule has 0 radical (unpaired) electrons. The third kappa shape index (κ3) is 4.46. The van der Waals surface area contributed by atoms with Crippen LogP contribution in [-0.2, 0) is 4.74 Å². The summed E-state index contributed by atoms with van der Waals surface area (Å²) in [5.74, 6) is -1.22. The number of nitrogens with one attached hydrogen (secondary N) is 1. The minimum atomic E-state index is -0.680. The molecule has 1 amide bonds. The van der Waals surface area contributed by atoms with E-state index in [1.165, 1.54) is 30.3 Å². The van der Waals surface area contributed by atoms with Gasteiger partial charge < -0.3 is 10.1 Å². The molecule has 25 heavy (non-hydrogen) atoms. The number of ether oxygens (including phenoxy) is 1. The quantitative estimate of drug-likeness (QED) is 0.471. The van der Waals surface area contributed by atoms with Gasteiger partial charge in [-0.1, -0.05) is 23.2 Å². The SMILES string of the molecule is CCOC(=O)c1cc(NC(=O)c2ccc(Cl)c([N+](=O)[O-])c2)ccc1Cl. The van der Waals surface area contributed by atoms with E-state index in [-0.39, 0.29) is 39.2 Å². The molecule has 2 aromatic carbocycles. The number of halogens is 2. The van der Waals surface area contributed by atoms with Gasteiger partial charge in [0, 0.05) is 17.3 Å². The van der Waals surface area contributed by atoms with Crippen LogP contribution in [0.3, 0.4) is 0 Å². The number of anilines is 1. The highest BCUT2D eigenvalue weighted by Gasteiger charge is 2.17. The maximum atomic E-state index is 12.3. The van der Waals surface area contributed by atoms with Crippen molar-refractivity contribution in [3.63, 3.8) is 0 Å². The summed E-state index contributed by atoms with van der Waals surface area (Å²) in [5.41, 5.74) is 0.0554. The Morgan fingerprint density at radius 3 is 2.48 bits per heavy atom. The first-order valence-electron chi connectivity index (χ1n) is 7.05. The van der Waals surface area contributed by atoms with Gasteiger partial charge in [0.15, 0.2) is 0 Å². The molecule has 0 aromatic heterocycles. The minimum Gasteiger partial charge on any atom is -0.462 e. The van der Waals surface area contributed by atoms with Crippen LogP contribution in [0.15, 0.2) is 36.4 Å². The third-order valence-electron chi connectivity index (χ3n) is 3.12. The van der Waals surface area contributed by atoms with Crippen LogP contribution in [0.5, 0.6) is 0 Å². The van der Waals surface area contributed by atoms with Crippen molar-refractivity contribution in [1.82, 2.24) is 0 Å². The average molecular weight is 383 g/mol. The summed E-state index contributed by atoms with van der Waals surface area (Å²) >= 11 is 11.7. The fourth-order valence-corrected chi connectivity index (χ4v) is 2.35. The highest BCUT2D eigenvalue weighted by Crippen LogP contribution is 2.26. The zero-order valence-corrected chi connectivity index (χ0v) is 14.4. The molecule has 7 nitrogen and oxygen atoms in total. The Bertz CT molecular complexity index is 854. The van der Waals surface area contributed by atoms with Crippen LogP contribution in [0.2, 0.25) is 10.0 Å². The summed E-state index contributed by atoms with van der Waals surface area (Å²) in [6.45, 7) is 1.84. The number of hydrogen-bond acceptors (Lipinski definition) is 5. The molecule has 9 heteroatoms. The van der Waals surface area contributed by atoms with Gasteiger partial charge in [-0.3, -0.25) is 14.9 Å². The number of nitro benzene ring substituents is 1. The highest BCUT2D eigenvalue weighted by molar-refractivity contribution is 6.34. The second-order valence-corrected chi connectivity index (χ2v) is 5.61. The number of carbonyl (C=O) groups is 2. The Morgan fingerprint density at radius 1 is 1.16 bits per heavy atom. The van der Waals surface area contributed by atoms with E-state index in [0.717, 1.165) is 6.07 Å². The van der Waals surface area contributed by atoms with Crippen molar-refractivity contribution in [3.8, 4) is 0 Å². The van der Waals surface area contributed by atoms with Crippen LogP contribution in [0, 0.1) is 10.1 Å². The summed E-state index contributed by atoms with van der Waals surface area (Å²) in [6, 6.07) is 7.98. The first-order chi connectivity index (χ1) is 11.8. The van der Waals surface area contributed by atoms with Crippen molar-refractivity contribution < 1.29 is 19.2 Å². The maximum absolute atomic E-state index is 12.3. The number of nitrogens with zero attached hydrogens (tertiary/aromatic N) is 1. The Morgan fingerprint density at radius 2 is 1.84 bits per heavy atom. The lowest BCUT2D eigenvalue weighted by Crippen LogP contribution is -2.13. The zero-order chi connectivity index (χ0) is 18.6. The fraction of sp³-hybridized carbons (Fsp3) is 0.125. The molecule has 0 unspecified atom stereocenters. The zero-order valence-electron chi connectivity index (χ0n) is 12.9. The number of rotatable bonds is 5. The highest BCUT2D eigenvalue weighted by atomic mass is 35.5. The van der Waals surface area contributed by atoms with Gasteiger partial charge in [0.1, 0.15) is 5.02 Å². The number of carbonyl (C=O) groups excluding carboxylic acids is 2. The van der Waals surface area contributed by atoms with Gasteiger partial charge >= 0.3 is 5.97 Å². The molecule has 1 N–H and O–H groups in total. The maximum Gasteiger partial charge on any atom is 0.339 e. The van der Waals surface area contributed by atoms with E-state index >= 15 is 0 Å². The molecular weight excluding hydrogens is 371 g/mol. The van der Waals surface area contributed by atoms with E-state index in [0.29, 0.717) is 0 Å². The molecule has 0 aliphatic rings. The van der Waals surface area contributed by atoms with E-state index in [1.54, 1.807) is 6.92 Å². The van der Waals surface area contributed by atoms with E-state index in [4.69, 9.17) is 27.9 Å². The second kappa shape index (κ2) is 7.96. The van der Waals surface area contributed by atoms with Gasteiger partial charge in [-0.25, -0.2) is 4.79 Å². The molecule has 0 saturated carbocycles. The molecule has 0 aliphatic carbocycles. The molecule has 0 spiro atoms. The van der Waals surface area contributed by atoms with Gasteiger partial charge in [0.05, 0.1) is 22.1 Å². The lowest BCUT2D eigenvalue weighted by Gasteiger charge is -2.09.